The largest absolute Gasteiger partial charge is 0.399 e. The molecule has 0 aromatic rings. The van der Waals surface area contributed by atoms with Crippen molar-refractivity contribution in [1.29, 1.82) is 0 Å². The molecule has 13 heavy (non-hydrogen) atoms. The van der Waals surface area contributed by atoms with Crippen molar-refractivity contribution in [2.75, 3.05) is 0 Å². The van der Waals surface area contributed by atoms with E-state index in [4.69, 9.17) is 5.73 Å². The molecule has 0 aliphatic heterocycles. The third kappa shape index (κ3) is 4.16. The number of hydrogen-bond acceptors (Lipinski definition) is 1. The van der Waals surface area contributed by atoms with Crippen LogP contribution >= 0.6 is 0 Å². The van der Waals surface area contributed by atoms with E-state index < -0.39 is 0 Å². The highest BCUT2D eigenvalue weighted by atomic mass is 14.5. The van der Waals surface area contributed by atoms with Crippen LogP contribution < -0.4 is 5.73 Å². The first-order chi connectivity index (χ1) is 6.29. The van der Waals surface area contributed by atoms with Crippen LogP contribution in [0.15, 0.2) is 59.9 Å². The second-order valence-corrected chi connectivity index (χ2v) is 3.00. The minimum Gasteiger partial charge on any atom is -0.399 e. The first-order valence-corrected chi connectivity index (χ1v) is 4.43. The molecular weight excluding hydrogens is 158 g/mol. The summed E-state index contributed by atoms with van der Waals surface area (Å²) in [5.41, 5.74) is 7.75. The van der Waals surface area contributed by atoms with Crippen molar-refractivity contribution >= 4 is 0 Å². The molecule has 0 spiro atoms. The summed E-state index contributed by atoms with van der Waals surface area (Å²) in [5.74, 6) is 0. The van der Waals surface area contributed by atoms with Crippen molar-refractivity contribution in [2.24, 2.45) is 5.73 Å². The van der Waals surface area contributed by atoms with Gasteiger partial charge in [0.05, 0.1) is 0 Å². The maximum Gasteiger partial charge on any atom is 0.0276 e. The van der Waals surface area contributed by atoms with Gasteiger partial charge in [0.1, 0.15) is 0 Å². The summed E-state index contributed by atoms with van der Waals surface area (Å²) in [4.78, 5) is 0. The molecule has 1 rings (SSSR count). The Morgan fingerprint density at radius 1 is 1.15 bits per heavy atom. The lowest BCUT2D eigenvalue weighted by Gasteiger charge is -1.91. The summed E-state index contributed by atoms with van der Waals surface area (Å²) in [7, 11) is 0. The lowest BCUT2D eigenvalue weighted by Crippen LogP contribution is -1.91. The van der Waals surface area contributed by atoms with Gasteiger partial charge in [0.2, 0.25) is 0 Å². The van der Waals surface area contributed by atoms with Crippen LogP contribution in [0.2, 0.25) is 0 Å². The van der Waals surface area contributed by atoms with Crippen LogP contribution in [0.25, 0.3) is 0 Å². The molecular formula is C12H15N. The fraction of sp³-hybridized carbons (Fsp3) is 0.167. The summed E-state index contributed by atoms with van der Waals surface area (Å²) in [6.45, 7) is 2.05. The van der Waals surface area contributed by atoms with Crippen molar-refractivity contribution in [3.63, 3.8) is 0 Å². The molecule has 1 heteroatoms. The molecule has 0 aromatic heterocycles. The maximum atomic E-state index is 5.73. The van der Waals surface area contributed by atoms with Crippen molar-refractivity contribution < 1.29 is 0 Å². The Kier molecular flexibility index (Phi) is 3.83. The Labute approximate surface area is 79.6 Å². The van der Waals surface area contributed by atoms with Crippen molar-refractivity contribution in [2.45, 2.75) is 13.3 Å². The van der Waals surface area contributed by atoms with Crippen molar-refractivity contribution in [3.8, 4) is 0 Å². The minimum absolute atomic E-state index is 0.819. The molecule has 0 amide bonds. The molecule has 1 aliphatic carbocycles. The van der Waals surface area contributed by atoms with Gasteiger partial charge in [0.25, 0.3) is 0 Å². The molecule has 0 saturated carbocycles. The van der Waals surface area contributed by atoms with Gasteiger partial charge >= 0.3 is 0 Å². The van der Waals surface area contributed by atoms with Gasteiger partial charge in [-0.25, -0.2) is 0 Å². The van der Waals surface area contributed by atoms with Gasteiger partial charge in [-0.15, -0.1) is 0 Å². The van der Waals surface area contributed by atoms with E-state index >= 15 is 0 Å². The Morgan fingerprint density at radius 2 is 2.00 bits per heavy atom. The average Bonchev–Trinajstić information content (AvgIpc) is 2.15. The standard InChI is InChI=1S/C12H15N/c1-11-7-5-3-2-4-6-8-12(13)10-9-11/h2-5,7-10H,6,13H2,1H3/b4-2+,5-3-,10-9?,11-7?,12-8-. The molecule has 0 bridgehead atoms. The molecule has 0 aromatic carbocycles. The highest BCUT2D eigenvalue weighted by Crippen LogP contribution is 2.01. The Bertz CT molecular complexity index is 301. The minimum atomic E-state index is 0.819. The zero-order chi connectivity index (χ0) is 9.52. The predicted octanol–water partition coefficient (Wildman–Crippen LogP) is 2.85. The topological polar surface area (TPSA) is 26.0 Å². The number of rotatable bonds is 0. The molecule has 0 radical (unpaired) electrons. The van der Waals surface area contributed by atoms with Crippen LogP contribution in [0.3, 0.4) is 0 Å². The SMILES string of the molecule is CC1=C/C=C\C=C\C/C=C(\N)C=C1. The second-order valence-electron chi connectivity index (χ2n) is 3.00. The monoisotopic (exact) mass is 173 g/mol. The predicted molar refractivity (Wildman–Crippen MR) is 58.1 cm³/mol. The highest BCUT2D eigenvalue weighted by Gasteiger charge is 1.83. The summed E-state index contributed by atoms with van der Waals surface area (Å²) in [6.07, 6.45) is 17.0. The Hall–Kier alpha value is -1.50. The molecule has 0 fully saturated rings. The summed E-state index contributed by atoms with van der Waals surface area (Å²) >= 11 is 0. The van der Waals surface area contributed by atoms with E-state index in [1.165, 1.54) is 5.57 Å². The average molecular weight is 173 g/mol. The van der Waals surface area contributed by atoms with E-state index in [0.29, 0.717) is 0 Å². The van der Waals surface area contributed by atoms with E-state index in [1.54, 1.807) is 0 Å². The molecule has 0 saturated heterocycles. The van der Waals surface area contributed by atoms with Crippen LogP contribution in [-0.4, -0.2) is 0 Å². The Morgan fingerprint density at radius 3 is 2.85 bits per heavy atom. The summed E-state index contributed by atoms with van der Waals surface area (Å²) < 4.78 is 0. The third-order valence-corrected chi connectivity index (χ3v) is 1.75. The van der Waals surface area contributed by atoms with E-state index in [2.05, 4.69) is 19.1 Å². The second kappa shape index (κ2) is 5.20. The van der Waals surface area contributed by atoms with Gasteiger partial charge < -0.3 is 5.73 Å². The van der Waals surface area contributed by atoms with E-state index in [-0.39, 0.29) is 0 Å². The number of nitrogens with two attached hydrogens (primary N) is 1. The fourth-order valence-electron chi connectivity index (χ4n) is 0.984. The molecule has 1 nitrogen and oxygen atoms in total. The van der Waals surface area contributed by atoms with Crippen LogP contribution in [-0.2, 0) is 0 Å². The van der Waals surface area contributed by atoms with Gasteiger partial charge in [0.15, 0.2) is 0 Å². The lowest BCUT2D eigenvalue weighted by atomic mass is 10.2. The van der Waals surface area contributed by atoms with Gasteiger partial charge in [-0.2, -0.15) is 0 Å². The van der Waals surface area contributed by atoms with Gasteiger partial charge in [-0.1, -0.05) is 48.1 Å². The van der Waals surface area contributed by atoms with E-state index in [1.807, 2.05) is 36.5 Å². The van der Waals surface area contributed by atoms with Crippen LogP contribution in [0, 0.1) is 0 Å². The van der Waals surface area contributed by atoms with E-state index in [9.17, 15) is 0 Å². The van der Waals surface area contributed by atoms with Crippen LogP contribution in [0.4, 0.5) is 0 Å². The molecule has 0 unspecified atom stereocenters. The van der Waals surface area contributed by atoms with Gasteiger partial charge in [-0.3, -0.25) is 0 Å². The molecule has 2 N–H and O–H groups in total. The molecule has 0 atom stereocenters. The molecule has 1 aliphatic rings. The smallest absolute Gasteiger partial charge is 0.0276 e. The first kappa shape index (κ1) is 9.59. The van der Waals surface area contributed by atoms with Crippen molar-refractivity contribution in [3.05, 3.63) is 59.9 Å². The number of hydrogen-bond donors (Lipinski definition) is 1. The third-order valence-electron chi connectivity index (χ3n) is 1.75. The van der Waals surface area contributed by atoms with Gasteiger partial charge in [-0.05, 0) is 19.4 Å². The van der Waals surface area contributed by atoms with Crippen LogP contribution in [0.5, 0.6) is 0 Å². The lowest BCUT2D eigenvalue weighted by molar-refractivity contribution is 1.29. The highest BCUT2D eigenvalue weighted by molar-refractivity contribution is 5.29. The zero-order valence-corrected chi connectivity index (χ0v) is 7.90. The summed E-state index contributed by atoms with van der Waals surface area (Å²) in [5, 5.41) is 0. The first-order valence-electron chi connectivity index (χ1n) is 4.43. The maximum absolute atomic E-state index is 5.73. The molecule has 0 heterocycles. The molecule has 68 valence electrons. The van der Waals surface area contributed by atoms with E-state index in [0.717, 1.165) is 12.1 Å². The van der Waals surface area contributed by atoms with Crippen LogP contribution in [0.1, 0.15) is 13.3 Å². The normalized spacial score (nSPS) is 26.5. The Balaban J connectivity index is 2.84. The van der Waals surface area contributed by atoms with Crippen molar-refractivity contribution in [1.82, 2.24) is 0 Å². The zero-order valence-electron chi connectivity index (χ0n) is 7.90. The quantitative estimate of drug-likeness (QED) is 0.599. The fourth-order valence-corrected chi connectivity index (χ4v) is 0.984. The van der Waals surface area contributed by atoms with Gasteiger partial charge in [0, 0.05) is 5.70 Å². The summed E-state index contributed by atoms with van der Waals surface area (Å²) in [6, 6.07) is 0. The number of allylic oxidation sites excluding steroid dienone is 9.